The molecule has 2 N–H and O–H groups in total. The van der Waals surface area contributed by atoms with E-state index < -0.39 is 18.1 Å². The molecule has 6 nitrogen and oxygen atoms in total. The summed E-state index contributed by atoms with van der Waals surface area (Å²) in [5.41, 5.74) is 1.93. The van der Waals surface area contributed by atoms with Crippen molar-refractivity contribution in [2.75, 3.05) is 24.2 Å². The Hall–Kier alpha value is -1.73. The molecule has 7 heteroatoms. The average molecular weight is 324 g/mol. The van der Waals surface area contributed by atoms with Crippen LogP contribution in [0.15, 0.2) is 24.3 Å². The summed E-state index contributed by atoms with van der Waals surface area (Å²) in [6, 6.07) is 7.01. The van der Waals surface area contributed by atoms with Gasteiger partial charge >= 0.3 is 5.97 Å². The SMILES string of the molecule is CCOC(=O)[C@H](Cc1ccc(NSC)cc1)NC(=O)[C@@H]1CO1. The van der Waals surface area contributed by atoms with Crippen LogP contribution in [0.1, 0.15) is 12.5 Å². The molecule has 0 spiro atoms. The second-order valence-corrected chi connectivity index (χ2v) is 5.45. The Morgan fingerprint density at radius 2 is 2.09 bits per heavy atom. The summed E-state index contributed by atoms with van der Waals surface area (Å²) in [6.07, 6.45) is 1.90. The van der Waals surface area contributed by atoms with Crippen LogP contribution in [0.2, 0.25) is 0 Å². The van der Waals surface area contributed by atoms with Crippen LogP contribution in [-0.4, -0.2) is 43.5 Å². The van der Waals surface area contributed by atoms with Crippen molar-refractivity contribution < 1.29 is 19.1 Å². The van der Waals surface area contributed by atoms with Gasteiger partial charge in [0.05, 0.1) is 13.2 Å². The Balaban J connectivity index is 2.00. The van der Waals surface area contributed by atoms with Gasteiger partial charge in [-0.2, -0.15) is 0 Å². The van der Waals surface area contributed by atoms with Gasteiger partial charge in [0.1, 0.15) is 6.04 Å². The molecule has 22 heavy (non-hydrogen) atoms. The molecule has 0 bridgehead atoms. The highest BCUT2D eigenvalue weighted by Crippen LogP contribution is 2.15. The molecule has 2 atom stereocenters. The first-order valence-corrected chi connectivity index (χ1v) is 8.33. The number of benzene rings is 1. The van der Waals surface area contributed by atoms with Crippen molar-refractivity contribution in [2.45, 2.75) is 25.5 Å². The number of amides is 1. The molecule has 1 aliphatic rings. The third-order valence-electron chi connectivity index (χ3n) is 3.13. The number of hydrogen-bond acceptors (Lipinski definition) is 6. The normalized spacial score (nSPS) is 17.5. The van der Waals surface area contributed by atoms with E-state index in [2.05, 4.69) is 10.0 Å². The maximum Gasteiger partial charge on any atom is 0.328 e. The van der Waals surface area contributed by atoms with E-state index in [4.69, 9.17) is 9.47 Å². The van der Waals surface area contributed by atoms with Crippen LogP contribution in [0.3, 0.4) is 0 Å². The lowest BCUT2D eigenvalue weighted by Crippen LogP contribution is -2.45. The molecular formula is C15H20N2O4S. The molecule has 0 saturated carbocycles. The van der Waals surface area contributed by atoms with Crippen molar-refractivity contribution in [2.24, 2.45) is 0 Å². The van der Waals surface area contributed by atoms with Crippen LogP contribution < -0.4 is 10.0 Å². The highest BCUT2D eigenvalue weighted by molar-refractivity contribution is 7.99. The minimum Gasteiger partial charge on any atom is -0.464 e. The van der Waals surface area contributed by atoms with Crippen LogP contribution in [0, 0.1) is 0 Å². The minimum absolute atomic E-state index is 0.265. The molecule has 2 rings (SSSR count). The maximum absolute atomic E-state index is 12.0. The summed E-state index contributed by atoms with van der Waals surface area (Å²) >= 11 is 1.51. The van der Waals surface area contributed by atoms with Gasteiger partial charge in [-0.25, -0.2) is 4.79 Å². The Bertz CT molecular complexity index is 517. The fourth-order valence-corrected chi connectivity index (χ4v) is 2.33. The number of carbonyl (C=O) groups excluding carboxylic acids is 2. The predicted octanol–water partition coefficient (Wildman–Crippen LogP) is 1.37. The van der Waals surface area contributed by atoms with Gasteiger partial charge in [-0.1, -0.05) is 24.1 Å². The van der Waals surface area contributed by atoms with Gasteiger partial charge in [0.2, 0.25) is 0 Å². The Morgan fingerprint density at radius 1 is 1.41 bits per heavy atom. The van der Waals surface area contributed by atoms with Crippen LogP contribution in [-0.2, 0) is 25.5 Å². The van der Waals surface area contributed by atoms with Crippen LogP contribution in [0.4, 0.5) is 5.69 Å². The van der Waals surface area contributed by atoms with Crippen molar-refractivity contribution in [1.82, 2.24) is 5.32 Å². The number of carbonyl (C=O) groups is 2. The van der Waals surface area contributed by atoms with Crippen molar-refractivity contribution in [3.05, 3.63) is 29.8 Å². The second kappa shape index (κ2) is 8.05. The van der Waals surface area contributed by atoms with Crippen molar-refractivity contribution >= 4 is 29.5 Å². The lowest BCUT2D eigenvalue weighted by molar-refractivity contribution is -0.147. The summed E-state index contributed by atoms with van der Waals surface area (Å²) < 4.78 is 13.1. The molecule has 120 valence electrons. The van der Waals surface area contributed by atoms with Gasteiger partial charge in [0.15, 0.2) is 6.10 Å². The second-order valence-electron chi connectivity index (χ2n) is 4.84. The average Bonchev–Trinajstić information content (AvgIpc) is 3.33. The fourth-order valence-electron chi connectivity index (χ4n) is 1.96. The zero-order chi connectivity index (χ0) is 15.9. The monoisotopic (exact) mass is 324 g/mol. The largest absolute Gasteiger partial charge is 0.464 e. The number of hydrogen-bond donors (Lipinski definition) is 2. The molecule has 0 unspecified atom stereocenters. The van der Waals surface area contributed by atoms with Gasteiger partial charge in [0, 0.05) is 18.4 Å². The van der Waals surface area contributed by atoms with Crippen LogP contribution in [0.5, 0.6) is 0 Å². The molecule has 1 aliphatic heterocycles. The predicted molar refractivity (Wildman–Crippen MR) is 85.6 cm³/mol. The van der Waals surface area contributed by atoms with Gasteiger partial charge in [0.25, 0.3) is 5.91 Å². The zero-order valence-corrected chi connectivity index (χ0v) is 13.4. The molecule has 1 heterocycles. The molecule has 1 fully saturated rings. The molecule has 0 aromatic heterocycles. The third kappa shape index (κ3) is 4.92. The van der Waals surface area contributed by atoms with Gasteiger partial charge in [-0.05, 0) is 24.6 Å². The number of rotatable bonds is 8. The summed E-state index contributed by atoms with van der Waals surface area (Å²) in [5, 5.41) is 2.69. The first-order valence-electron chi connectivity index (χ1n) is 7.10. The van der Waals surface area contributed by atoms with E-state index in [1.807, 2.05) is 30.5 Å². The number of epoxide rings is 1. The first-order chi connectivity index (χ1) is 10.6. The van der Waals surface area contributed by atoms with E-state index in [1.165, 1.54) is 11.9 Å². The molecule has 1 aromatic rings. The lowest BCUT2D eigenvalue weighted by atomic mass is 10.1. The van der Waals surface area contributed by atoms with Crippen molar-refractivity contribution in [3.8, 4) is 0 Å². The summed E-state index contributed by atoms with van der Waals surface area (Å²) in [4.78, 5) is 23.8. The lowest BCUT2D eigenvalue weighted by Gasteiger charge is -2.17. The Labute approximate surface area is 134 Å². The molecule has 1 aromatic carbocycles. The van der Waals surface area contributed by atoms with Gasteiger partial charge in [-0.3, -0.25) is 4.79 Å². The fraction of sp³-hybridized carbons (Fsp3) is 0.467. The Morgan fingerprint density at radius 3 is 2.64 bits per heavy atom. The summed E-state index contributed by atoms with van der Waals surface area (Å²) in [5.74, 6) is -0.693. The molecule has 0 radical (unpaired) electrons. The van der Waals surface area contributed by atoms with Crippen molar-refractivity contribution in [1.29, 1.82) is 0 Å². The summed E-state index contributed by atoms with van der Waals surface area (Å²) in [6.45, 7) is 2.43. The van der Waals surface area contributed by atoms with E-state index in [0.29, 0.717) is 13.0 Å². The topological polar surface area (TPSA) is 80.0 Å². The molecule has 1 amide bonds. The highest BCUT2D eigenvalue weighted by Gasteiger charge is 2.34. The smallest absolute Gasteiger partial charge is 0.328 e. The van der Waals surface area contributed by atoms with Crippen LogP contribution >= 0.6 is 11.9 Å². The number of nitrogens with one attached hydrogen (secondary N) is 2. The highest BCUT2D eigenvalue weighted by atomic mass is 32.2. The number of esters is 1. The number of anilines is 1. The zero-order valence-electron chi connectivity index (χ0n) is 12.6. The standard InChI is InChI=1S/C15H20N2O4S/c1-3-20-15(19)12(16-14(18)13-9-21-13)8-10-4-6-11(7-5-10)17-22-2/h4-7,12-13,17H,3,8-9H2,1-2H3,(H,16,18)/t12-,13-/m0/s1. The van der Waals surface area contributed by atoms with E-state index >= 15 is 0 Å². The first kappa shape index (κ1) is 16.6. The molecule has 0 aliphatic carbocycles. The van der Waals surface area contributed by atoms with E-state index in [9.17, 15) is 9.59 Å². The van der Waals surface area contributed by atoms with Crippen molar-refractivity contribution in [3.63, 3.8) is 0 Å². The van der Waals surface area contributed by atoms with Crippen LogP contribution in [0.25, 0.3) is 0 Å². The van der Waals surface area contributed by atoms with Gasteiger partial charge in [-0.15, -0.1) is 0 Å². The van der Waals surface area contributed by atoms with E-state index in [-0.39, 0.29) is 12.5 Å². The van der Waals surface area contributed by atoms with E-state index in [0.717, 1.165) is 11.3 Å². The number of ether oxygens (including phenoxy) is 2. The summed E-state index contributed by atoms with van der Waals surface area (Å²) in [7, 11) is 0. The molecule has 1 saturated heterocycles. The van der Waals surface area contributed by atoms with Gasteiger partial charge < -0.3 is 19.5 Å². The third-order valence-corrected chi connectivity index (χ3v) is 3.57. The quantitative estimate of drug-likeness (QED) is 0.427. The van der Waals surface area contributed by atoms with E-state index in [1.54, 1.807) is 6.92 Å². The molecular weight excluding hydrogens is 304 g/mol. The minimum atomic E-state index is -0.698. The Kier molecular flexibility index (Phi) is 6.09. The maximum atomic E-state index is 12.0.